The minimum atomic E-state index is -1.18. The van der Waals surface area contributed by atoms with E-state index < -0.39 is 30.3 Å². The molecule has 0 aliphatic carbocycles. The van der Waals surface area contributed by atoms with Gasteiger partial charge in [0.1, 0.15) is 17.3 Å². The molecular formula is C27H29F2N9O4. The number of furan rings is 1. The molecule has 0 saturated carbocycles. The van der Waals surface area contributed by atoms with Gasteiger partial charge in [-0.05, 0) is 24.3 Å². The molecule has 4 aromatic heterocycles. The summed E-state index contributed by atoms with van der Waals surface area (Å²) >= 11 is 0. The molecule has 42 heavy (non-hydrogen) atoms. The summed E-state index contributed by atoms with van der Waals surface area (Å²) in [6.07, 6.45) is 2.14. The molecule has 1 saturated heterocycles. The number of aliphatic hydroxyl groups excluding tert-OH is 2. The smallest absolute Gasteiger partial charge is 0.254 e. The van der Waals surface area contributed by atoms with Gasteiger partial charge in [0.2, 0.25) is 5.95 Å². The lowest BCUT2D eigenvalue weighted by atomic mass is 10.1. The first-order chi connectivity index (χ1) is 20.3. The number of hydrogen-bond acceptors (Lipinski definition) is 10. The molecule has 1 fully saturated rings. The second-order valence-electron chi connectivity index (χ2n) is 10.0. The minimum Gasteiger partial charge on any atom is -0.463 e. The van der Waals surface area contributed by atoms with Gasteiger partial charge in [-0.15, -0.1) is 0 Å². The number of nitrogen functional groups attached to an aromatic ring is 1. The first-order valence-corrected chi connectivity index (χ1v) is 13.4. The van der Waals surface area contributed by atoms with Crippen LogP contribution in [0.3, 0.4) is 0 Å². The van der Waals surface area contributed by atoms with E-state index in [1.165, 1.54) is 6.07 Å². The lowest BCUT2D eigenvalue weighted by Gasteiger charge is -2.36. The molecule has 6 rings (SSSR count). The maximum Gasteiger partial charge on any atom is 0.254 e. The second kappa shape index (κ2) is 11.3. The van der Waals surface area contributed by atoms with E-state index in [0.717, 1.165) is 10.9 Å². The number of hydrogen-bond donors (Lipinski definition) is 4. The van der Waals surface area contributed by atoms with Crippen LogP contribution in [0.15, 0.2) is 47.2 Å². The Morgan fingerprint density at radius 3 is 2.69 bits per heavy atom. The average Bonchev–Trinajstić information content (AvgIpc) is 3.75. The Bertz CT molecular complexity index is 1730. The van der Waals surface area contributed by atoms with Crippen LogP contribution in [0.25, 0.3) is 28.0 Å². The van der Waals surface area contributed by atoms with Crippen LogP contribution in [-0.2, 0) is 6.54 Å². The number of anilines is 2. The number of nitrogens with zero attached hydrogens (tertiary/aromatic N) is 7. The summed E-state index contributed by atoms with van der Waals surface area (Å²) in [5.41, 5.74) is 8.04. The van der Waals surface area contributed by atoms with Crippen LogP contribution in [0.4, 0.5) is 20.4 Å². The number of rotatable bonds is 9. The summed E-state index contributed by atoms with van der Waals surface area (Å²) < 4.78 is 37.9. The zero-order valence-electron chi connectivity index (χ0n) is 22.5. The van der Waals surface area contributed by atoms with Crippen LogP contribution in [-0.4, -0.2) is 97.4 Å². The Labute approximate surface area is 237 Å². The number of carbonyl (C=O) groups is 1. The molecule has 1 aliphatic heterocycles. The van der Waals surface area contributed by atoms with Gasteiger partial charge in [-0.25, -0.2) is 13.5 Å². The normalized spacial score (nSPS) is 15.1. The molecule has 5 N–H and O–H groups in total. The van der Waals surface area contributed by atoms with Gasteiger partial charge in [0.05, 0.1) is 53.9 Å². The number of benzene rings is 1. The Morgan fingerprint density at radius 1 is 1.14 bits per heavy atom. The first kappa shape index (κ1) is 27.6. The van der Waals surface area contributed by atoms with E-state index in [1.54, 1.807) is 32.6 Å². The van der Waals surface area contributed by atoms with Crippen molar-refractivity contribution in [3.8, 4) is 11.5 Å². The highest BCUT2D eigenvalue weighted by molar-refractivity contribution is 5.95. The van der Waals surface area contributed by atoms with Crippen molar-refractivity contribution in [2.45, 2.75) is 12.6 Å². The molecule has 5 aromatic rings. The highest BCUT2D eigenvalue weighted by atomic mass is 19.1. The van der Waals surface area contributed by atoms with Crippen LogP contribution in [0.1, 0.15) is 10.4 Å². The van der Waals surface area contributed by atoms with Crippen LogP contribution in [0.2, 0.25) is 0 Å². The molecule has 1 amide bonds. The summed E-state index contributed by atoms with van der Waals surface area (Å²) in [6.45, 7) is 2.53. The molecular weight excluding hydrogens is 552 g/mol. The quantitative estimate of drug-likeness (QED) is 0.198. The maximum atomic E-state index is 14.7. The monoisotopic (exact) mass is 581 g/mol. The van der Waals surface area contributed by atoms with E-state index in [1.807, 2.05) is 12.1 Å². The van der Waals surface area contributed by atoms with Gasteiger partial charge in [0.15, 0.2) is 11.4 Å². The highest BCUT2D eigenvalue weighted by Crippen LogP contribution is 2.27. The number of halogens is 2. The largest absolute Gasteiger partial charge is 0.463 e. The van der Waals surface area contributed by atoms with Crippen LogP contribution >= 0.6 is 0 Å². The Balaban J connectivity index is 1.11. The Hall–Kier alpha value is -4.60. The standard InChI is InChI=1S/C27H29F2N9O4/c28-19-11-20(29)23(10-17(19)26(41)31-13-16(40)15-39)36-6-3-35(4-7-36)5-8-37-25-18(14-32-37)22-12-21(24-2-1-9-42-24)34-38(22)27(30)33-25/h1-2,9-12,14,16,39-40H,3-8,13,15H2,(H2,30,33)(H,31,41)/t16-/m0/s1. The summed E-state index contributed by atoms with van der Waals surface area (Å²) in [5.74, 6) is -1.72. The SMILES string of the molecule is Nc1nc2c(cnn2CCN2CCN(c3cc(C(=O)NC[C@H](O)CO)c(F)cc3F)CC2)c2cc(-c3ccco3)nn12. The predicted octanol–water partition coefficient (Wildman–Crippen LogP) is 1.10. The lowest BCUT2D eigenvalue weighted by Crippen LogP contribution is -2.47. The number of carbonyl (C=O) groups excluding carboxylic acids is 1. The van der Waals surface area contributed by atoms with E-state index in [-0.39, 0.29) is 23.7 Å². The third-order valence-electron chi connectivity index (χ3n) is 7.34. The summed E-state index contributed by atoms with van der Waals surface area (Å²) in [7, 11) is 0. The molecule has 1 aliphatic rings. The highest BCUT2D eigenvalue weighted by Gasteiger charge is 2.24. The fourth-order valence-electron chi connectivity index (χ4n) is 5.06. The molecule has 0 radical (unpaired) electrons. The molecule has 5 heterocycles. The number of aromatic nitrogens is 5. The van der Waals surface area contributed by atoms with Gasteiger partial charge < -0.3 is 30.6 Å². The van der Waals surface area contributed by atoms with E-state index in [2.05, 4.69) is 25.4 Å². The molecule has 220 valence electrons. The third kappa shape index (κ3) is 5.24. The molecule has 13 nitrogen and oxygen atoms in total. The number of aliphatic hydroxyl groups is 2. The topological polar surface area (TPSA) is 163 Å². The molecule has 1 atom stereocenters. The summed E-state index contributed by atoms with van der Waals surface area (Å²) in [5, 5.41) is 30.5. The predicted molar refractivity (Wildman–Crippen MR) is 149 cm³/mol. The van der Waals surface area contributed by atoms with Gasteiger partial charge in [0.25, 0.3) is 5.91 Å². The third-order valence-corrected chi connectivity index (χ3v) is 7.34. The van der Waals surface area contributed by atoms with Crippen molar-refractivity contribution in [3.63, 3.8) is 0 Å². The van der Waals surface area contributed by atoms with E-state index >= 15 is 0 Å². The van der Waals surface area contributed by atoms with Gasteiger partial charge in [-0.2, -0.15) is 19.7 Å². The molecule has 0 unspecified atom stereocenters. The van der Waals surface area contributed by atoms with Crippen molar-refractivity contribution >= 4 is 34.1 Å². The molecule has 1 aromatic carbocycles. The van der Waals surface area contributed by atoms with E-state index in [4.69, 9.17) is 15.3 Å². The maximum absolute atomic E-state index is 14.7. The fourth-order valence-corrected chi connectivity index (χ4v) is 5.06. The Kier molecular flexibility index (Phi) is 7.45. The Morgan fingerprint density at radius 2 is 1.95 bits per heavy atom. The van der Waals surface area contributed by atoms with Crippen LogP contribution in [0.5, 0.6) is 0 Å². The number of nitrogens with one attached hydrogen (secondary N) is 1. The number of piperazine rings is 1. The fraction of sp³-hybridized carbons (Fsp3) is 0.333. The zero-order valence-corrected chi connectivity index (χ0v) is 22.5. The van der Waals surface area contributed by atoms with Crippen molar-refractivity contribution in [2.75, 3.05) is 56.5 Å². The van der Waals surface area contributed by atoms with E-state index in [9.17, 15) is 18.7 Å². The number of fused-ring (bicyclic) bond motifs is 3. The average molecular weight is 582 g/mol. The number of amides is 1. The number of nitrogens with two attached hydrogens (primary N) is 1. The summed E-state index contributed by atoms with van der Waals surface area (Å²) in [4.78, 5) is 20.9. The van der Waals surface area contributed by atoms with Gasteiger partial charge >= 0.3 is 0 Å². The second-order valence-corrected chi connectivity index (χ2v) is 10.0. The van der Waals surface area contributed by atoms with Gasteiger partial charge in [0, 0.05) is 45.3 Å². The van der Waals surface area contributed by atoms with Crippen molar-refractivity contribution in [1.82, 2.24) is 34.6 Å². The van der Waals surface area contributed by atoms with Crippen molar-refractivity contribution in [1.29, 1.82) is 0 Å². The van der Waals surface area contributed by atoms with Crippen molar-refractivity contribution in [3.05, 3.63) is 60.0 Å². The first-order valence-electron chi connectivity index (χ1n) is 13.4. The van der Waals surface area contributed by atoms with Gasteiger partial charge in [-0.3, -0.25) is 9.69 Å². The zero-order chi connectivity index (χ0) is 29.4. The molecule has 15 heteroatoms. The van der Waals surface area contributed by atoms with Crippen molar-refractivity contribution in [2.24, 2.45) is 0 Å². The van der Waals surface area contributed by atoms with Crippen molar-refractivity contribution < 1.29 is 28.2 Å². The van der Waals surface area contributed by atoms with Gasteiger partial charge in [-0.1, -0.05) is 0 Å². The lowest BCUT2D eigenvalue weighted by molar-refractivity contribution is 0.0799. The molecule has 0 bridgehead atoms. The van der Waals surface area contributed by atoms with Crippen LogP contribution < -0.4 is 16.0 Å². The van der Waals surface area contributed by atoms with Crippen LogP contribution in [0, 0.1) is 11.6 Å². The minimum absolute atomic E-state index is 0.125. The van der Waals surface area contributed by atoms with E-state index in [0.29, 0.717) is 62.4 Å². The summed E-state index contributed by atoms with van der Waals surface area (Å²) in [6, 6.07) is 7.36. The molecule has 0 spiro atoms.